The first-order chi connectivity index (χ1) is 11.3. The average molecular weight is 331 g/mol. The quantitative estimate of drug-likeness (QED) is 0.830. The van der Waals surface area contributed by atoms with Crippen LogP contribution in [0.1, 0.15) is 32.8 Å². The molecule has 6 heteroatoms. The number of ether oxygens (including phenoxy) is 1. The van der Waals surface area contributed by atoms with E-state index in [0.717, 1.165) is 24.1 Å². The summed E-state index contributed by atoms with van der Waals surface area (Å²) in [5, 5.41) is 5.44. The van der Waals surface area contributed by atoms with E-state index in [9.17, 15) is 9.59 Å². The Bertz CT molecular complexity index is 635. The molecular formula is C18H25N3O3. The molecule has 0 atom stereocenters. The minimum absolute atomic E-state index is 0.283. The van der Waals surface area contributed by atoms with Crippen molar-refractivity contribution in [2.24, 2.45) is 0 Å². The largest absolute Gasteiger partial charge is 0.443 e. The lowest BCUT2D eigenvalue weighted by Gasteiger charge is -2.32. The summed E-state index contributed by atoms with van der Waals surface area (Å²) >= 11 is 0. The number of carbonyl (C=O) groups is 2. The van der Waals surface area contributed by atoms with Crippen LogP contribution in [0.15, 0.2) is 30.9 Å². The maximum absolute atomic E-state index is 12.4. The van der Waals surface area contributed by atoms with Crippen LogP contribution in [-0.2, 0) is 11.2 Å². The molecule has 0 unspecified atom stereocenters. The number of aryl methyl sites for hydroxylation is 1. The zero-order valence-electron chi connectivity index (χ0n) is 14.5. The lowest BCUT2D eigenvalue weighted by Crippen LogP contribution is -2.39. The van der Waals surface area contributed by atoms with Crippen molar-refractivity contribution in [2.75, 3.05) is 23.3 Å². The lowest BCUT2D eigenvalue weighted by molar-refractivity contribution is 0.0578. The molecule has 1 aliphatic rings. The molecular weight excluding hydrogens is 306 g/mol. The summed E-state index contributed by atoms with van der Waals surface area (Å²) in [6.45, 7) is 10.2. The van der Waals surface area contributed by atoms with Crippen LogP contribution < -0.4 is 15.5 Å². The maximum atomic E-state index is 12.4. The SMILES string of the molecule is C=CCNC(=O)Nc1ccc2c(c1)CCCN2C(=O)OC(C)(C)C. The normalized spacial score (nSPS) is 13.7. The predicted molar refractivity (Wildman–Crippen MR) is 95.6 cm³/mol. The fraction of sp³-hybridized carbons (Fsp3) is 0.444. The Labute approximate surface area is 142 Å². The molecule has 0 saturated heterocycles. The second kappa shape index (κ2) is 7.38. The number of fused-ring (bicyclic) bond motifs is 1. The number of benzene rings is 1. The van der Waals surface area contributed by atoms with Crippen molar-refractivity contribution in [3.63, 3.8) is 0 Å². The summed E-state index contributed by atoms with van der Waals surface area (Å²) < 4.78 is 5.47. The third-order valence-corrected chi connectivity index (χ3v) is 3.48. The number of amides is 3. The number of carbonyl (C=O) groups excluding carboxylic acids is 2. The molecule has 24 heavy (non-hydrogen) atoms. The van der Waals surface area contributed by atoms with Crippen molar-refractivity contribution in [2.45, 2.75) is 39.2 Å². The van der Waals surface area contributed by atoms with Crippen LogP contribution in [0.3, 0.4) is 0 Å². The van der Waals surface area contributed by atoms with Gasteiger partial charge in [-0.25, -0.2) is 9.59 Å². The van der Waals surface area contributed by atoms with E-state index in [0.29, 0.717) is 18.8 Å². The number of hydrogen-bond donors (Lipinski definition) is 2. The van der Waals surface area contributed by atoms with Crippen LogP contribution in [0, 0.1) is 0 Å². The third-order valence-electron chi connectivity index (χ3n) is 3.48. The molecule has 1 aromatic rings. The first-order valence-electron chi connectivity index (χ1n) is 8.09. The summed E-state index contributed by atoms with van der Waals surface area (Å²) in [7, 11) is 0. The summed E-state index contributed by atoms with van der Waals surface area (Å²) in [5.74, 6) is 0. The van der Waals surface area contributed by atoms with Crippen molar-refractivity contribution in [1.82, 2.24) is 5.32 Å². The monoisotopic (exact) mass is 331 g/mol. The van der Waals surface area contributed by atoms with E-state index in [2.05, 4.69) is 17.2 Å². The number of rotatable bonds is 3. The van der Waals surface area contributed by atoms with Crippen LogP contribution in [0.4, 0.5) is 21.0 Å². The molecule has 0 aliphatic carbocycles. The fourth-order valence-electron chi connectivity index (χ4n) is 2.52. The Morgan fingerprint density at radius 2 is 2.12 bits per heavy atom. The van der Waals surface area contributed by atoms with Crippen molar-refractivity contribution >= 4 is 23.5 Å². The van der Waals surface area contributed by atoms with Gasteiger partial charge in [0.2, 0.25) is 0 Å². The zero-order valence-corrected chi connectivity index (χ0v) is 14.5. The van der Waals surface area contributed by atoms with Gasteiger partial charge >= 0.3 is 12.1 Å². The highest BCUT2D eigenvalue weighted by Gasteiger charge is 2.27. The van der Waals surface area contributed by atoms with Crippen LogP contribution in [0.2, 0.25) is 0 Å². The van der Waals surface area contributed by atoms with Gasteiger partial charge < -0.3 is 15.4 Å². The van der Waals surface area contributed by atoms with Gasteiger partial charge in [-0.05, 0) is 57.4 Å². The molecule has 0 radical (unpaired) electrons. The second-order valence-corrected chi connectivity index (χ2v) is 6.70. The topological polar surface area (TPSA) is 70.7 Å². The van der Waals surface area contributed by atoms with Crippen LogP contribution >= 0.6 is 0 Å². The Morgan fingerprint density at radius 1 is 1.38 bits per heavy atom. The van der Waals surface area contributed by atoms with Crippen molar-refractivity contribution in [1.29, 1.82) is 0 Å². The average Bonchev–Trinajstić information content (AvgIpc) is 2.50. The molecule has 2 rings (SSSR count). The molecule has 1 aromatic carbocycles. The highest BCUT2D eigenvalue weighted by molar-refractivity contribution is 5.92. The zero-order chi connectivity index (χ0) is 17.7. The molecule has 0 spiro atoms. The summed E-state index contributed by atoms with van der Waals surface area (Å²) in [5.41, 5.74) is 2.03. The summed E-state index contributed by atoms with van der Waals surface area (Å²) in [4.78, 5) is 25.7. The van der Waals surface area contributed by atoms with Gasteiger partial charge in [0.25, 0.3) is 0 Å². The van der Waals surface area contributed by atoms with Gasteiger partial charge in [-0.15, -0.1) is 6.58 Å². The molecule has 1 heterocycles. The van der Waals surface area contributed by atoms with Gasteiger partial charge in [0, 0.05) is 18.8 Å². The van der Waals surface area contributed by atoms with E-state index in [-0.39, 0.29) is 12.1 Å². The summed E-state index contributed by atoms with van der Waals surface area (Å²) in [6, 6.07) is 5.25. The second-order valence-electron chi connectivity index (χ2n) is 6.70. The van der Waals surface area contributed by atoms with E-state index in [1.165, 1.54) is 0 Å². The first kappa shape index (κ1) is 17.8. The Hall–Kier alpha value is -2.50. The number of anilines is 2. The van der Waals surface area contributed by atoms with Gasteiger partial charge in [-0.3, -0.25) is 4.90 Å². The molecule has 0 saturated carbocycles. The third kappa shape index (κ3) is 4.75. The smallest absolute Gasteiger partial charge is 0.414 e. The van der Waals surface area contributed by atoms with Gasteiger partial charge in [-0.1, -0.05) is 6.08 Å². The minimum atomic E-state index is -0.528. The standard InChI is InChI=1S/C18H25N3O3/c1-5-10-19-16(22)20-14-8-9-15-13(12-14)7-6-11-21(15)17(23)24-18(2,3)4/h5,8-9,12H,1,6-7,10-11H2,2-4H3,(H2,19,20,22). The van der Waals surface area contributed by atoms with Crippen LogP contribution in [0.25, 0.3) is 0 Å². The van der Waals surface area contributed by atoms with Gasteiger partial charge in [0.1, 0.15) is 5.60 Å². The van der Waals surface area contributed by atoms with Crippen LogP contribution in [0.5, 0.6) is 0 Å². The predicted octanol–water partition coefficient (Wildman–Crippen LogP) is 3.68. The molecule has 0 bridgehead atoms. The molecule has 6 nitrogen and oxygen atoms in total. The molecule has 0 aromatic heterocycles. The van der Waals surface area contributed by atoms with Crippen LogP contribution in [-0.4, -0.2) is 30.8 Å². The van der Waals surface area contributed by atoms with E-state index in [1.807, 2.05) is 32.9 Å². The summed E-state index contributed by atoms with van der Waals surface area (Å²) in [6.07, 6.45) is 3.00. The number of nitrogens with one attached hydrogen (secondary N) is 2. The van der Waals surface area contributed by atoms with E-state index in [4.69, 9.17) is 4.74 Å². The van der Waals surface area contributed by atoms with Crippen molar-refractivity contribution in [3.05, 3.63) is 36.4 Å². The van der Waals surface area contributed by atoms with Gasteiger partial charge in [-0.2, -0.15) is 0 Å². The molecule has 3 amide bonds. The van der Waals surface area contributed by atoms with E-state index in [1.54, 1.807) is 17.0 Å². The lowest BCUT2D eigenvalue weighted by atomic mass is 10.0. The molecule has 0 fully saturated rings. The van der Waals surface area contributed by atoms with E-state index >= 15 is 0 Å². The minimum Gasteiger partial charge on any atom is -0.443 e. The fourth-order valence-corrected chi connectivity index (χ4v) is 2.52. The first-order valence-corrected chi connectivity index (χ1v) is 8.09. The van der Waals surface area contributed by atoms with E-state index < -0.39 is 5.60 Å². The maximum Gasteiger partial charge on any atom is 0.414 e. The molecule has 130 valence electrons. The molecule has 2 N–H and O–H groups in total. The number of nitrogens with zero attached hydrogens (tertiary/aromatic N) is 1. The Balaban J connectivity index is 2.13. The highest BCUT2D eigenvalue weighted by Crippen LogP contribution is 2.30. The number of hydrogen-bond acceptors (Lipinski definition) is 3. The van der Waals surface area contributed by atoms with Crippen molar-refractivity contribution < 1.29 is 14.3 Å². The van der Waals surface area contributed by atoms with Gasteiger partial charge in [0.15, 0.2) is 0 Å². The Morgan fingerprint density at radius 3 is 2.79 bits per heavy atom. The van der Waals surface area contributed by atoms with Gasteiger partial charge in [0.05, 0.1) is 5.69 Å². The van der Waals surface area contributed by atoms with Crippen molar-refractivity contribution in [3.8, 4) is 0 Å². The Kier molecular flexibility index (Phi) is 5.49. The highest BCUT2D eigenvalue weighted by atomic mass is 16.6. The number of urea groups is 1. The molecule has 1 aliphatic heterocycles.